The van der Waals surface area contributed by atoms with Crippen LogP contribution in [0.15, 0.2) is 58.5 Å². The Bertz CT molecular complexity index is 1400. The summed E-state index contributed by atoms with van der Waals surface area (Å²) < 4.78 is 22.3. The molecular weight excluding hydrogens is 457 g/mol. The Morgan fingerprint density at radius 2 is 1.91 bits per heavy atom. The number of carbonyl (C=O) groups is 1. The van der Waals surface area contributed by atoms with Crippen LogP contribution in [0.4, 0.5) is 10.1 Å². The molecule has 0 atom stereocenters. The Morgan fingerprint density at radius 3 is 2.59 bits per heavy atom. The molecule has 10 heteroatoms. The fourth-order valence-corrected chi connectivity index (χ4v) is 4.35. The molecule has 4 aromatic rings. The number of thioether (sulfide) groups is 1. The Morgan fingerprint density at radius 1 is 1.18 bits per heavy atom. The van der Waals surface area contributed by atoms with Crippen LogP contribution in [0.25, 0.3) is 11.0 Å². The summed E-state index contributed by atoms with van der Waals surface area (Å²) in [6.07, 6.45) is 0. The first-order valence-electron chi connectivity index (χ1n) is 10.7. The molecule has 0 saturated carbocycles. The number of aromatic nitrogens is 4. The van der Waals surface area contributed by atoms with Crippen molar-refractivity contribution in [2.24, 2.45) is 0 Å². The number of hydrogen-bond donors (Lipinski definition) is 1. The normalized spacial score (nSPS) is 11.1. The van der Waals surface area contributed by atoms with Crippen molar-refractivity contribution in [1.82, 2.24) is 19.3 Å². The van der Waals surface area contributed by atoms with Gasteiger partial charge in [0.25, 0.3) is 5.56 Å². The summed E-state index contributed by atoms with van der Waals surface area (Å²) in [5.74, 6) is -0.250. The molecule has 0 aliphatic heterocycles. The maximum absolute atomic E-state index is 13.9. The Hall–Kier alpha value is -3.66. The molecule has 2 aromatic carbocycles. The van der Waals surface area contributed by atoms with Gasteiger partial charge in [0.15, 0.2) is 10.7 Å². The quantitative estimate of drug-likeness (QED) is 0.304. The fourth-order valence-electron chi connectivity index (χ4n) is 3.56. The first-order chi connectivity index (χ1) is 16.4. The van der Waals surface area contributed by atoms with Crippen LogP contribution in [0.2, 0.25) is 0 Å². The van der Waals surface area contributed by atoms with Crippen LogP contribution in [0, 0.1) is 12.7 Å². The van der Waals surface area contributed by atoms with E-state index in [1.165, 1.54) is 12.1 Å². The van der Waals surface area contributed by atoms with E-state index in [0.29, 0.717) is 34.2 Å². The molecule has 0 radical (unpaired) electrons. The van der Waals surface area contributed by atoms with E-state index in [0.717, 1.165) is 17.3 Å². The van der Waals surface area contributed by atoms with Gasteiger partial charge in [-0.2, -0.15) is 5.10 Å². The molecule has 8 nitrogen and oxygen atoms in total. The number of amides is 1. The van der Waals surface area contributed by atoms with Crippen molar-refractivity contribution in [3.63, 3.8) is 0 Å². The Labute approximate surface area is 199 Å². The molecule has 1 amide bonds. The highest BCUT2D eigenvalue weighted by molar-refractivity contribution is 7.99. The lowest BCUT2D eigenvalue weighted by Gasteiger charge is -2.13. The summed E-state index contributed by atoms with van der Waals surface area (Å²) in [6, 6.07) is 13.3. The minimum Gasteiger partial charge on any atom is -0.497 e. The maximum atomic E-state index is 13.9. The number of carbonyl (C=O) groups excluding carboxylic acids is 1. The van der Waals surface area contributed by atoms with Gasteiger partial charge < -0.3 is 10.1 Å². The fraction of sp³-hybridized carbons (Fsp3) is 0.250. The van der Waals surface area contributed by atoms with E-state index in [2.05, 4.69) is 10.4 Å². The van der Waals surface area contributed by atoms with Crippen molar-refractivity contribution >= 4 is 34.4 Å². The third kappa shape index (κ3) is 4.81. The van der Waals surface area contributed by atoms with E-state index in [1.807, 2.05) is 31.2 Å². The smallest absolute Gasteiger partial charge is 0.280 e. The summed E-state index contributed by atoms with van der Waals surface area (Å²) in [5, 5.41) is 7.38. The number of rotatable bonds is 8. The molecular formula is C24H24FN5O3S. The van der Waals surface area contributed by atoms with E-state index in [4.69, 9.17) is 9.72 Å². The lowest BCUT2D eigenvalue weighted by Crippen LogP contribution is -2.26. The highest BCUT2D eigenvalue weighted by Crippen LogP contribution is 2.22. The minimum atomic E-state index is -0.514. The molecule has 0 unspecified atom stereocenters. The summed E-state index contributed by atoms with van der Waals surface area (Å²) in [6.45, 7) is 4.50. The van der Waals surface area contributed by atoms with Crippen molar-refractivity contribution in [3.8, 4) is 5.75 Å². The van der Waals surface area contributed by atoms with Crippen LogP contribution >= 0.6 is 11.8 Å². The third-order valence-corrected chi connectivity index (χ3v) is 6.24. The van der Waals surface area contributed by atoms with Gasteiger partial charge in [-0.05, 0) is 43.7 Å². The van der Waals surface area contributed by atoms with Crippen molar-refractivity contribution in [2.45, 2.75) is 32.1 Å². The Kier molecular flexibility index (Phi) is 6.97. The molecule has 0 fully saturated rings. The van der Waals surface area contributed by atoms with Gasteiger partial charge in [0.05, 0.1) is 30.8 Å². The number of nitrogens with zero attached hydrogens (tertiary/aromatic N) is 4. The SMILES string of the molecule is CCn1nc(C)c2nc(SCC(=O)Nc3ccccc3F)n(Cc3ccc(OC)cc3)c(=O)c21. The molecule has 0 aliphatic rings. The van der Waals surface area contributed by atoms with Gasteiger partial charge in [0.1, 0.15) is 17.1 Å². The third-order valence-electron chi connectivity index (χ3n) is 5.26. The number of methoxy groups -OCH3 is 1. The molecule has 2 aromatic heterocycles. The van der Waals surface area contributed by atoms with Crippen molar-refractivity contribution in [1.29, 1.82) is 0 Å². The van der Waals surface area contributed by atoms with Gasteiger partial charge >= 0.3 is 0 Å². The molecule has 0 bridgehead atoms. The van der Waals surface area contributed by atoms with Gasteiger partial charge in [-0.25, -0.2) is 9.37 Å². The van der Waals surface area contributed by atoms with E-state index in [1.54, 1.807) is 35.4 Å². The number of ether oxygens (including phenoxy) is 1. The zero-order valence-corrected chi connectivity index (χ0v) is 19.9. The van der Waals surface area contributed by atoms with Crippen LogP contribution in [-0.4, -0.2) is 38.1 Å². The number of fused-ring (bicyclic) bond motifs is 1. The summed E-state index contributed by atoms with van der Waals surface area (Å²) >= 11 is 1.12. The lowest BCUT2D eigenvalue weighted by atomic mass is 10.2. The highest BCUT2D eigenvalue weighted by Gasteiger charge is 2.19. The molecule has 0 spiro atoms. The zero-order chi connectivity index (χ0) is 24.2. The number of halogens is 1. The van der Waals surface area contributed by atoms with E-state index >= 15 is 0 Å². The van der Waals surface area contributed by atoms with Crippen LogP contribution in [0.3, 0.4) is 0 Å². The molecule has 2 heterocycles. The molecule has 34 heavy (non-hydrogen) atoms. The molecule has 0 aliphatic carbocycles. The van der Waals surface area contributed by atoms with E-state index in [9.17, 15) is 14.0 Å². The van der Waals surface area contributed by atoms with Crippen molar-refractivity contribution in [3.05, 3.63) is 76.0 Å². The van der Waals surface area contributed by atoms with E-state index < -0.39 is 11.7 Å². The summed E-state index contributed by atoms with van der Waals surface area (Å²) in [7, 11) is 1.59. The largest absolute Gasteiger partial charge is 0.497 e. The van der Waals surface area contributed by atoms with Gasteiger partial charge in [-0.15, -0.1) is 0 Å². The molecule has 176 valence electrons. The first kappa shape index (κ1) is 23.5. The number of para-hydroxylation sites is 1. The number of benzene rings is 2. The number of aryl methyl sites for hydroxylation is 2. The molecule has 1 N–H and O–H groups in total. The van der Waals surface area contributed by atoms with Crippen LogP contribution in [-0.2, 0) is 17.9 Å². The van der Waals surface area contributed by atoms with Crippen molar-refractivity contribution < 1.29 is 13.9 Å². The van der Waals surface area contributed by atoms with E-state index in [-0.39, 0.29) is 23.5 Å². The topological polar surface area (TPSA) is 91.0 Å². The zero-order valence-electron chi connectivity index (χ0n) is 19.0. The second-order valence-electron chi connectivity index (χ2n) is 7.55. The van der Waals surface area contributed by atoms with Gasteiger partial charge in [-0.1, -0.05) is 36.0 Å². The average Bonchev–Trinajstić information content (AvgIpc) is 3.17. The van der Waals surface area contributed by atoms with Crippen LogP contribution in [0.5, 0.6) is 5.75 Å². The van der Waals surface area contributed by atoms with Crippen LogP contribution < -0.4 is 15.6 Å². The minimum absolute atomic E-state index is 0.0458. The monoisotopic (exact) mass is 481 g/mol. The maximum Gasteiger partial charge on any atom is 0.280 e. The number of nitrogens with one attached hydrogen (secondary N) is 1. The van der Waals surface area contributed by atoms with Gasteiger partial charge in [0.2, 0.25) is 5.91 Å². The predicted octanol–water partition coefficient (Wildman–Crippen LogP) is 3.85. The summed E-state index contributed by atoms with van der Waals surface area (Å²) in [4.78, 5) is 30.7. The summed E-state index contributed by atoms with van der Waals surface area (Å²) in [5.41, 5.74) is 2.32. The second-order valence-corrected chi connectivity index (χ2v) is 8.49. The van der Waals surface area contributed by atoms with Gasteiger partial charge in [0, 0.05) is 6.54 Å². The predicted molar refractivity (Wildman–Crippen MR) is 130 cm³/mol. The highest BCUT2D eigenvalue weighted by atomic mass is 32.2. The second kappa shape index (κ2) is 10.1. The van der Waals surface area contributed by atoms with Gasteiger partial charge in [-0.3, -0.25) is 18.8 Å². The number of anilines is 1. The average molecular weight is 482 g/mol. The molecule has 4 rings (SSSR count). The number of hydrogen-bond acceptors (Lipinski definition) is 6. The lowest BCUT2D eigenvalue weighted by molar-refractivity contribution is -0.113. The first-order valence-corrected chi connectivity index (χ1v) is 11.7. The standard InChI is InChI=1S/C24H24FN5O3S/c1-4-30-22-21(15(2)28-30)27-24(34-14-20(31)26-19-8-6-5-7-18(19)25)29(23(22)32)13-16-9-11-17(33-3)12-10-16/h5-12H,4,13-14H2,1-3H3,(H,26,31). The van der Waals surface area contributed by atoms with Crippen LogP contribution in [0.1, 0.15) is 18.2 Å². The Balaban J connectivity index is 1.68. The van der Waals surface area contributed by atoms with Crippen molar-refractivity contribution in [2.75, 3.05) is 18.2 Å². The molecule has 0 saturated heterocycles.